The standard InChI is InChI=1S/C19H24ClN3O3/c1-14(24)21-7-9-22(10-8-21)19(26)16-12-18(25)23(13-16)6-5-15-3-2-4-17(20)11-15/h2-4,11,16H,5-10,12-13H2,1H3. The predicted octanol–water partition coefficient (Wildman–Crippen LogP) is 1.42. The highest BCUT2D eigenvalue weighted by atomic mass is 35.5. The number of carbonyl (C=O) groups is 3. The Kier molecular flexibility index (Phi) is 5.81. The fraction of sp³-hybridized carbons (Fsp3) is 0.526. The summed E-state index contributed by atoms with van der Waals surface area (Å²) >= 11 is 5.99. The van der Waals surface area contributed by atoms with Gasteiger partial charge in [0.15, 0.2) is 0 Å². The van der Waals surface area contributed by atoms with E-state index < -0.39 is 0 Å². The van der Waals surface area contributed by atoms with E-state index in [-0.39, 0.29) is 30.1 Å². The van der Waals surface area contributed by atoms with Crippen molar-refractivity contribution >= 4 is 29.3 Å². The van der Waals surface area contributed by atoms with E-state index in [1.54, 1.807) is 21.6 Å². The molecular weight excluding hydrogens is 354 g/mol. The van der Waals surface area contributed by atoms with Gasteiger partial charge in [-0.25, -0.2) is 0 Å². The molecular formula is C19H24ClN3O3. The number of piperazine rings is 1. The largest absolute Gasteiger partial charge is 0.342 e. The van der Waals surface area contributed by atoms with Crippen molar-refractivity contribution in [2.75, 3.05) is 39.3 Å². The van der Waals surface area contributed by atoms with Gasteiger partial charge in [0.2, 0.25) is 17.7 Å². The van der Waals surface area contributed by atoms with Gasteiger partial charge in [-0.05, 0) is 24.1 Å². The normalized spacial score (nSPS) is 20.6. The van der Waals surface area contributed by atoms with E-state index in [1.807, 2.05) is 24.3 Å². The summed E-state index contributed by atoms with van der Waals surface area (Å²) in [7, 11) is 0. The molecule has 0 N–H and O–H groups in total. The first-order valence-electron chi connectivity index (χ1n) is 9.00. The molecule has 1 atom stereocenters. The molecule has 3 rings (SSSR count). The Morgan fingerprint density at radius 2 is 1.85 bits per heavy atom. The van der Waals surface area contributed by atoms with Gasteiger partial charge in [0, 0.05) is 57.6 Å². The van der Waals surface area contributed by atoms with Gasteiger partial charge in [0.05, 0.1) is 5.92 Å². The fourth-order valence-electron chi connectivity index (χ4n) is 3.61. The Balaban J connectivity index is 1.51. The first-order valence-corrected chi connectivity index (χ1v) is 9.38. The van der Waals surface area contributed by atoms with Crippen LogP contribution in [0.15, 0.2) is 24.3 Å². The van der Waals surface area contributed by atoms with Crippen LogP contribution in [0.2, 0.25) is 5.02 Å². The molecule has 1 unspecified atom stereocenters. The highest BCUT2D eigenvalue weighted by Crippen LogP contribution is 2.22. The number of amides is 3. The number of carbonyl (C=O) groups excluding carboxylic acids is 3. The van der Waals surface area contributed by atoms with Crippen molar-refractivity contribution in [3.8, 4) is 0 Å². The van der Waals surface area contributed by atoms with Crippen LogP contribution >= 0.6 is 11.6 Å². The minimum atomic E-state index is -0.272. The Hall–Kier alpha value is -2.08. The molecule has 0 spiro atoms. The van der Waals surface area contributed by atoms with Crippen LogP contribution in [0.1, 0.15) is 18.9 Å². The SMILES string of the molecule is CC(=O)N1CCN(C(=O)C2CC(=O)N(CCc3cccc(Cl)c3)C2)CC1. The fourth-order valence-corrected chi connectivity index (χ4v) is 3.82. The summed E-state index contributed by atoms with van der Waals surface area (Å²) in [5.74, 6) is -0.161. The summed E-state index contributed by atoms with van der Waals surface area (Å²) < 4.78 is 0. The molecule has 2 fully saturated rings. The smallest absolute Gasteiger partial charge is 0.228 e. The Morgan fingerprint density at radius 3 is 2.50 bits per heavy atom. The molecule has 140 valence electrons. The first-order chi connectivity index (χ1) is 12.4. The van der Waals surface area contributed by atoms with Crippen molar-refractivity contribution < 1.29 is 14.4 Å². The minimum Gasteiger partial charge on any atom is -0.342 e. The van der Waals surface area contributed by atoms with Crippen LogP contribution in [0, 0.1) is 5.92 Å². The number of rotatable bonds is 4. The molecule has 1 aromatic carbocycles. The van der Waals surface area contributed by atoms with Crippen LogP contribution in [0.4, 0.5) is 0 Å². The van der Waals surface area contributed by atoms with Crippen LogP contribution in [0.25, 0.3) is 0 Å². The molecule has 0 saturated carbocycles. The zero-order valence-corrected chi connectivity index (χ0v) is 15.7. The van der Waals surface area contributed by atoms with Crippen LogP contribution in [-0.2, 0) is 20.8 Å². The lowest BCUT2D eigenvalue weighted by Crippen LogP contribution is -2.51. The maximum absolute atomic E-state index is 12.7. The Bertz CT molecular complexity index is 701. The first kappa shape index (κ1) is 18.7. The van der Waals surface area contributed by atoms with Gasteiger partial charge in [-0.3, -0.25) is 14.4 Å². The van der Waals surface area contributed by atoms with Crippen LogP contribution in [-0.4, -0.2) is 71.7 Å². The van der Waals surface area contributed by atoms with Gasteiger partial charge < -0.3 is 14.7 Å². The third kappa shape index (κ3) is 4.36. The summed E-state index contributed by atoms with van der Waals surface area (Å²) in [6, 6.07) is 7.62. The molecule has 0 bridgehead atoms. The van der Waals surface area contributed by atoms with Gasteiger partial charge in [0.25, 0.3) is 0 Å². The molecule has 2 saturated heterocycles. The van der Waals surface area contributed by atoms with Crippen LogP contribution < -0.4 is 0 Å². The second-order valence-corrected chi connectivity index (χ2v) is 7.39. The number of nitrogens with zero attached hydrogens (tertiary/aromatic N) is 3. The molecule has 26 heavy (non-hydrogen) atoms. The molecule has 0 radical (unpaired) electrons. The van der Waals surface area contributed by atoms with Gasteiger partial charge >= 0.3 is 0 Å². The molecule has 0 aromatic heterocycles. The average Bonchev–Trinajstić information content (AvgIpc) is 3.00. The van der Waals surface area contributed by atoms with Crippen molar-refractivity contribution in [1.29, 1.82) is 0 Å². The molecule has 2 aliphatic rings. The summed E-state index contributed by atoms with van der Waals surface area (Å²) in [5, 5.41) is 0.688. The zero-order chi connectivity index (χ0) is 18.7. The van der Waals surface area contributed by atoms with Gasteiger partial charge in [-0.1, -0.05) is 23.7 Å². The van der Waals surface area contributed by atoms with Gasteiger partial charge in [-0.2, -0.15) is 0 Å². The Morgan fingerprint density at radius 1 is 1.15 bits per heavy atom. The van der Waals surface area contributed by atoms with E-state index in [1.165, 1.54) is 0 Å². The third-order valence-corrected chi connectivity index (χ3v) is 5.39. The lowest BCUT2D eigenvalue weighted by atomic mass is 10.1. The van der Waals surface area contributed by atoms with E-state index in [2.05, 4.69) is 0 Å². The number of benzene rings is 1. The number of halogens is 1. The monoisotopic (exact) mass is 377 g/mol. The number of likely N-dealkylation sites (tertiary alicyclic amines) is 1. The molecule has 3 amide bonds. The van der Waals surface area contributed by atoms with Gasteiger partial charge in [0.1, 0.15) is 0 Å². The molecule has 1 aromatic rings. The molecule has 2 heterocycles. The van der Waals surface area contributed by atoms with Crippen LogP contribution in [0.3, 0.4) is 0 Å². The zero-order valence-electron chi connectivity index (χ0n) is 15.0. The van der Waals surface area contributed by atoms with Crippen molar-refractivity contribution in [2.45, 2.75) is 19.8 Å². The Labute approximate surface area is 158 Å². The highest BCUT2D eigenvalue weighted by molar-refractivity contribution is 6.30. The number of hydrogen-bond donors (Lipinski definition) is 0. The van der Waals surface area contributed by atoms with E-state index in [4.69, 9.17) is 11.6 Å². The molecule has 6 nitrogen and oxygen atoms in total. The minimum absolute atomic E-state index is 0.0341. The van der Waals surface area contributed by atoms with Crippen molar-refractivity contribution in [3.05, 3.63) is 34.9 Å². The van der Waals surface area contributed by atoms with Crippen molar-refractivity contribution in [2.24, 2.45) is 5.92 Å². The lowest BCUT2D eigenvalue weighted by Gasteiger charge is -2.35. The summed E-state index contributed by atoms with van der Waals surface area (Å²) in [4.78, 5) is 41.7. The molecule has 0 aliphatic carbocycles. The van der Waals surface area contributed by atoms with E-state index in [0.717, 1.165) is 12.0 Å². The molecule has 7 heteroatoms. The summed E-state index contributed by atoms with van der Waals surface area (Å²) in [5.41, 5.74) is 1.08. The van der Waals surface area contributed by atoms with E-state index in [9.17, 15) is 14.4 Å². The number of hydrogen-bond acceptors (Lipinski definition) is 3. The quantitative estimate of drug-likeness (QED) is 0.797. The topological polar surface area (TPSA) is 60.9 Å². The maximum Gasteiger partial charge on any atom is 0.228 e. The summed E-state index contributed by atoms with van der Waals surface area (Å²) in [6.07, 6.45) is 1.01. The average molecular weight is 378 g/mol. The maximum atomic E-state index is 12.7. The predicted molar refractivity (Wildman–Crippen MR) is 98.7 cm³/mol. The van der Waals surface area contributed by atoms with Crippen LogP contribution in [0.5, 0.6) is 0 Å². The highest BCUT2D eigenvalue weighted by Gasteiger charge is 2.37. The third-order valence-electron chi connectivity index (χ3n) is 5.16. The lowest BCUT2D eigenvalue weighted by molar-refractivity contribution is -0.141. The van der Waals surface area contributed by atoms with E-state index in [0.29, 0.717) is 44.3 Å². The summed E-state index contributed by atoms with van der Waals surface area (Å²) in [6.45, 7) is 4.86. The second kappa shape index (κ2) is 8.08. The van der Waals surface area contributed by atoms with E-state index >= 15 is 0 Å². The second-order valence-electron chi connectivity index (χ2n) is 6.95. The molecule has 2 aliphatic heterocycles. The van der Waals surface area contributed by atoms with Crippen molar-refractivity contribution in [1.82, 2.24) is 14.7 Å². The van der Waals surface area contributed by atoms with Gasteiger partial charge in [-0.15, -0.1) is 0 Å². The van der Waals surface area contributed by atoms with Crippen molar-refractivity contribution in [3.63, 3.8) is 0 Å².